The maximum absolute atomic E-state index is 5.58. The van der Waals surface area contributed by atoms with Crippen molar-refractivity contribution in [3.63, 3.8) is 0 Å². The highest BCUT2D eigenvalue weighted by atomic mass is 35.5. The van der Waals surface area contributed by atoms with E-state index in [1.54, 1.807) is 0 Å². The van der Waals surface area contributed by atoms with Gasteiger partial charge in [0.2, 0.25) is 0 Å². The van der Waals surface area contributed by atoms with Crippen molar-refractivity contribution in [1.29, 1.82) is 0 Å². The molecule has 0 unspecified atom stereocenters. The van der Waals surface area contributed by atoms with E-state index in [1.165, 1.54) is 0 Å². The largest absolute Gasteiger partial charge is 0.330 e. The van der Waals surface area contributed by atoms with Crippen LogP contribution >= 0.6 is 11.6 Å². The average Bonchev–Trinajstić information content (AvgIpc) is 1.95. The first-order chi connectivity index (χ1) is 4.24. The van der Waals surface area contributed by atoms with Crippen LogP contribution in [-0.2, 0) is 0 Å². The molecule has 56 valence electrons. The van der Waals surface area contributed by atoms with E-state index >= 15 is 0 Å². The van der Waals surface area contributed by atoms with Gasteiger partial charge in [0.05, 0.1) is 0 Å². The van der Waals surface area contributed by atoms with Crippen molar-refractivity contribution in [2.45, 2.75) is 0 Å². The molecule has 0 bridgehead atoms. The van der Waals surface area contributed by atoms with Crippen LogP contribution in [0.3, 0.4) is 0 Å². The minimum absolute atomic E-state index is 0.235. The summed E-state index contributed by atoms with van der Waals surface area (Å²) < 4.78 is 0. The minimum Gasteiger partial charge on any atom is -0.330 e. The number of alkyl halides is 1. The molecule has 3 nitrogen and oxygen atoms in total. The fourth-order valence-electron chi connectivity index (χ4n) is 0.414. The first kappa shape index (κ1) is 9.17. The Morgan fingerprint density at radius 1 is 1.00 bits per heavy atom. The molecule has 0 amide bonds. The fourth-order valence-corrected chi connectivity index (χ4v) is 0.741. The standard InChI is InChI=1S/C5H14ClN3/c6-1-5(2-7,3-8)4-9/h1-4,7-9H2. The molecule has 4 heteroatoms. The zero-order valence-electron chi connectivity index (χ0n) is 5.44. The molecule has 0 rings (SSSR count). The molecule has 0 saturated heterocycles. The molecule has 9 heavy (non-hydrogen) atoms. The number of halogens is 1. The zero-order valence-corrected chi connectivity index (χ0v) is 6.19. The quantitative estimate of drug-likeness (QED) is 0.455. The van der Waals surface area contributed by atoms with E-state index in [2.05, 4.69) is 0 Å². The SMILES string of the molecule is NCC(CN)(CN)CCl. The molecule has 6 N–H and O–H groups in total. The average molecular weight is 152 g/mol. The molecule has 0 heterocycles. The number of hydrogen-bond acceptors (Lipinski definition) is 3. The Hall–Kier alpha value is 0.170. The van der Waals surface area contributed by atoms with Crippen LogP contribution in [0.1, 0.15) is 0 Å². The number of nitrogens with two attached hydrogens (primary N) is 3. The molecule has 0 spiro atoms. The van der Waals surface area contributed by atoms with Crippen molar-refractivity contribution >= 4 is 11.6 Å². The Morgan fingerprint density at radius 3 is 1.33 bits per heavy atom. The van der Waals surface area contributed by atoms with Crippen molar-refractivity contribution in [3.05, 3.63) is 0 Å². The molecular weight excluding hydrogens is 138 g/mol. The zero-order chi connectivity index (χ0) is 7.33. The molecule has 0 radical (unpaired) electrons. The van der Waals surface area contributed by atoms with Crippen molar-refractivity contribution in [3.8, 4) is 0 Å². The van der Waals surface area contributed by atoms with Crippen LogP contribution in [0.5, 0.6) is 0 Å². The summed E-state index contributed by atoms with van der Waals surface area (Å²) in [4.78, 5) is 0. The second kappa shape index (κ2) is 4.06. The fraction of sp³-hybridized carbons (Fsp3) is 1.00. The third kappa shape index (κ3) is 2.10. The van der Waals surface area contributed by atoms with E-state index in [9.17, 15) is 0 Å². The first-order valence-corrected chi connectivity index (χ1v) is 3.44. The summed E-state index contributed by atoms with van der Waals surface area (Å²) in [5.41, 5.74) is 16.0. The smallest absolute Gasteiger partial charge is 0.0316 e. The van der Waals surface area contributed by atoms with Crippen LogP contribution in [0.25, 0.3) is 0 Å². The Balaban J connectivity index is 3.82. The highest BCUT2D eigenvalue weighted by molar-refractivity contribution is 6.18. The normalized spacial score (nSPS) is 12.0. The van der Waals surface area contributed by atoms with Gasteiger partial charge < -0.3 is 17.2 Å². The molecule has 0 aliphatic heterocycles. The van der Waals surface area contributed by atoms with Gasteiger partial charge >= 0.3 is 0 Å². The second-order valence-electron chi connectivity index (χ2n) is 2.25. The molecule has 0 aromatic rings. The van der Waals surface area contributed by atoms with Crippen LogP contribution in [0.2, 0.25) is 0 Å². The summed E-state index contributed by atoms with van der Waals surface area (Å²) in [6.07, 6.45) is 0. The van der Waals surface area contributed by atoms with Crippen molar-refractivity contribution in [2.75, 3.05) is 25.5 Å². The third-order valence-corrected chi connectivity index (χ3v) is 2.15. The molecular formula is C5H14ClN3. The summed E-state index contributed by atoms with van der Waals surface area (Å²) in [5.74, 6) is 0.441. The monoisotopic (exact) mass is 151 g/mol. The van der Waals surface area contributed by atoms with E-state index in [4.69, 9.17) is 28.8 Å². The summed E-state index contributed by atoms with van der Waals surface area (Å²) >= 11 is 5.58. The van der Waals surface area contributed by atoms with Crippen LogP contribution in [-0.4, -0.2) is 25.5 Å². The minimum atomic E-state index is -0.235. The van der Waals surface area contributed by atoms with Gasteiger partial charge in [0.15, 0.2) is 0 Å². The Kier molecular flexibility index (Phi) is 4.14. The predicted molar refractivity (Wildman–Crippen MR) is 40.3 cm³/mol. The first-order valence-electron chi connectivity index (χ1n) is 2.91. The van der Waals surface area contributed by atoms with Gasteiger partial charge in [-0.15, -0.1) is 11.6 Å². The predicted octanol–water partition coefficient (Wildman–Crippen LogP) is -0.912. The molecule has 0 fully saturated rings. The Bertz CT molecular complexity index is 55.1. The Labute approximate surface area is 60.5 Å². The highest BCUT2D eigenvalue weighted by Crippen LogP contribution is 2.12. The topological polar surface area (TPSA) is 78.1 Å². The van der Waals surface area contributed by atoms with E-state index in [0.717, 1.165) is 0 Å². The molecule has 0 aromatic carbocycles. The van der Waals surface area contributed by atoms with Gasteiger partial charge in [-0.25, -0.2) is 0 Å². The van der Waals surface area contributed by atoms with Crippen molar-refractivity contribution in [2.24, 2.45) is 22.6 Å². The molecule has 0 aliphatic rings. The van der Waals surface area contributed by atoms with E-state index in [0.29, 0.717) is 25.5 Å². The lowest BCUT2D eigenvalue weighted by Crippen LogP contribution is -2.45. The molecule has 0 aliphatic carbocycles. The summed E-state index contributed by atoms with van der Waals surface area (Å²) in [5, 5.41) is 0. The van der Waals surface area contributed by atoms with Gasteiger partial charge in [-0.1, -0.05) is 0 Å². The van der Waals surface area contributed by atoms with Gasteiger partial charge in [-0.2, -0.15) is 0 Å². The third-order valence-electron chi connectivity index (χ3n) is 1.58. The van der Waals surface area contributed by atoms with Crippen LogP contribution in [0.4, 0.5) is 0 Å². The van der Waals surface area contributed by atoms with E-state index in [1.807, 2.05) is 0 Å². The summed E-state index contributed by atoms with van der Waals surface area (Å²) in [6.45, 7) is 1.39. The molecule has 0 aromatic heterocycles. The van der Waals surface area contributed by atoms with Crippen molar-refractivity contribution in [1.82, 2.24) is 0 Å². The number of hydrogen-bond donors (Lipinski definition) is 3. The maximum Gasteiger partial charge on any atom is 0.0316 e. The molecule has 0 saturated carbocycles. The van der Waals surface area contributed by atoms with E-state index in [-0.39, 0.29) is 5.41 Å². The summed E-state index contributed by atoms with van der Waals surface area (Å²) in [6, 6.07) is 0. The maximum atomic E-state index is 5.58. The van der Waals surface area contributed by atoms with Crippen LogP contribution in [0, 0.1) is 5.41 Å². The van der Waals surface area contributed by atoms with Crippen LogP contribution in [0.15, 0.2) is 0 Å². The van der Waals surface area contributed by atoms with Crippen molar-refractivity contribution < 1.29 is 0 Å². The highest BCUT2D eigenvalue weighted by Gasteiger charge is 2.23. The number of rotatable bonds is 4. The summed E-state index contributed by atoms with van der Waals surface area (Å²) in [7, 11) is 0. The van der Waals surface area contributed by atoms with Gasteiger partial charge in [0.25, 0.3) is 0 Å². The lowest BCUT2D eigenvalue weighted by molar-refractivity contribution is 0.367. The molecule has 0 atom stereocenters. The lowest BCUT2D eigenvalue weighted by Gasteiger charge is -2.25. The van der Waals surface area contributed by atoms with Gasteiger partial charge in [-0.3, -0.25) is 0 Å². The van der Waals surface area contributed by atoms with Gasteiger partial charge in [0.1, 0.15) is 0 Å². The lowest BCUT2D eigenvalue weighted by atomic mass is 9.91. The van der Waals surface area contributed by atoms with E-state index < -0.39 is 0 Å². The van der Waals surface area contributed by atoms with Gasteiger partial charge in [-0.05, 0) is 0 Å². The van der Waals surface area contributed by atoms with Crippen LogP contribution < -0.4 is 17.2 Å². The van der Waals surface area contributed by atoms with Gasteiger partial charge in [0, 0.05) is 30.9 Å². The Morgan fingerprint density at radius 2 is 1.33 bits per heavy atom. The second-order valence-corrected chi connectivity index (χ2v) is 2.51.